The molecule has 4 heteroatoms. The summed E-state index contributed by atoms with van der Waals surface area (Å²) in [6.07, 6.45) is 5.67. The maximum atomic E-state index is 4.56. The van der Waals surface area contributed by atoms with Gasteiger partial charge in [0.1, 0.15) is 0 Å². The molecule has 0 aliphatic rings. The first-order chi connectivity index (χ1) is 8.47. The Morgan fingerprint density at radius 3 is 2.72 bits per heavy atom. The highest BCUT2D eigenvalue weighted by Gasteiger charge is 2.21. The first-order valence-electron chi connectivity index (χ1n) is 6.14. The Bertz CT molecular complexity index is 508. The summed E-state index contributed by atoms with van der Waals surface area (Å²) in [5, 5.41) is 7.93. The van der Waals surface area contributed by atoms with Crippen molar-refractivity contribution in [1.82, 2.24) is 14.8 Å². The van der Waals surface area contributed by atoms with Crippen molar-refractivity contribution in [3.8, 4) is 0 Å². The van der Waals surface area contributed by atoms with Gasteiger partial charge in [-0.3, -0.25) is 9.67 Å². The lowest BCUT2D eigenvalue weighted by Gasteiger charge is -2.17. The van der Waals surface area contributed by atoms with Crippen LogP contribution in [0.25, 0.3) is 0 Å². The lowest BCUT2D eigenvalue weighted by molar-refractivity contribution is 0.549. The summed E-state index contributed by atoms with van der Waals surface area (Å²) < 4.78 is 1.88. The average Bonchev–Trinajstić information content (AvgIpc) is 2.69. The van der Waals surface area contributed by atoms with E-state index >= 15 is 0 Å². The van der Waals surface area contributed by atoms with Crippen LogP contribution >= 0.6 is 0 Å². The highest BCUT2D eigenvalue weighted by atomic mass is 15.3. The monoisotopic (exact) mass is 244 g/mol. The highest BCUT2D eigenvalue weighted by molar-refractivity contribution is 5.41. The van der Waals surface area contributed by atoms with Crippen LogP contribution in [0.5, 0.6) is 0 Å². The lowest BCUT2D eigenvalue weighted by Crippen LogP contribution is -2.16. The number of aromatic nitrogens is 3. The summed E-state index contributed by atoms with van der Waals surface area (Å²) in [4.78, 5) is 4.09. The fourth-order valence-corrected chi connectivity index (χ4v) is 1.96. The summed E-state index contributed by atoms with van der Waals surface area (Å²) in [6.45, 7) is 7.32. The van der Waals surface area contributed by atoms with E-state index in [4.69, 9.17) is 0 Å². The number of hydrogen-bond acceptors (Lipinski definition) is 3. The fraction of sp³-hybridized carbons (Fsp3) is 0.429. The van der Waals surface area contributed by atoms with Crippen LogP contribution in [-0.4, -0.2) is 14.8 Å². The van der Waals surface area contributed by atoms with Crippen LogP contribution in [0.15, 0.2) is 30.7 Å². The van der Waals surface area contributed by atoms with Crippen LogP contribution in [0.4, 0.5) is 5.69 Å². The molecule has 2 aromatic rings. The van der Waals surface area contributed by atoms with Crippen molar-refractivity contribution in [2.75, 3.05) is 5.32 Å². The van der Waals surface area contributed by atoms with E-state index in [9.17, 15) is 0 Å². The van der Waals surface area contributed by atoms with E-state index in [-0.39, 0.29) is 5.41 Å². The molecule has 0 aromatic carbocycles. The molecular weight excluding hydrogens is 224 g/mol. The molecule has 4 nitrogen and oxygen atoms in total. The predicted molar refractivity (Wildman–Crippen MR) is 73.5 cm³/mol. The molecule has 0 amide bonds. The molecule has 0 fully saturated rings. The molecule has 0 saturated heterocycles. The molecule has 0 atom stereocenters. The molecule has 1 N–H and O–H groups in total. The van der Waals surface area contributed by atoms with E-state index in [0.29, 0.717) is 0 Å². The van der Waals surface area contributed by atoms with Gasteiger partial charge in [0.25, 0.3) is 0 Å². The van der Waals surface area contributed by atoms with Crippen LogP contribution < -0.4 is 5.32 Å². The maximum absolute atomic E-state index is 4.56. The number of pyridine rings is 1. The Morgan fingerprint density at radius 2 is 2.11 bits per heavy atom. The lowest BCUT2D eigenvalue weighted by atomic mass is 9.89. The van der Waals surface area contributed by atoms with Crippen LogP contribution in [0, 0.1) is 0 Å². The summed E-state index contributed by atoms with van der Waals surface area (Å²) in [5.41, 5.74) is 3.46. The van der Waals surface area contributed by atoms with Crippen molar-refractivity contribution < 1.29 is 0 Å². The van der Waals surface area contributed by atoms with Gasteiger partial charge in [-0.2, -0.15) is 5.10 Å². The largest absolute Gasteiger partial charge is 0.380 e. The Labute approximate surface area is 108 Å². The molecule has 0 spiro atoms. The minimum atomic E-state index is 0.0627. The summed E-state index contributed by atoms with van der Waals surface area (Å²) in [5.74, 6) is 0. The third-order valence-corrected chi connectivity index (χ3v) is 2.76. The van der Waals surface area contributed by atoms with Gasteiger partial charge in [0.2, 0.25) is 0 Å². The van der Waals surface area contributed by atoms with Crippen LogP contribution in [0.3, 0.4) is 0 Å². The number of anilines is 1. The topological polar surface area (TPSA) is 42.7 Å². The first kappa shape index (κ1) is 12.6. The Morgan fingerprint density at radius 1 is 1.33 bits per heavy atom. The van der Waals surface area contributed by atoms with E-state index in [1.54, 1.807) is 6.20 Å². The Kier molecular flexibility index (Phi) is 3.36. The first-order valence-corrected chi connectivity index (χ1v) is 6.14. The molecule has 0 unspecified atom stereocenters. The van der Waals surface area contributed by atoms with Crippen molar-refractivity contribution >= 4 is 5.69 Å². The zero-order valence-electron chi connectivity index (χ0n) is 11.4. The van der Waals surface area contributed by atoms with Crippen molar-refractivity contribution in [2.24, 2.45) is 7.05 Å². The van der Waals surface area contributed by atoms with E-state index in [1.807, 2.05) is 30.1 Å². The van der Waals surface area contributed by atoms with Gasteiger partial charge < -0.3 is 5.32 Å². The zero-order valence-corrected chi connectivity index (χ0v) is 11.4. The van der Waals surface area contributed by atoms with Gasteiger partial charge in [0.05, 0.1) is 11.4 Å². The number of rotatable bonds is 3. The standard InChI is InChI=1S/C14H20N4/c1-14(2,3)13-11(10-18(4)17-13)8-16-12-6-5-7-15-9-12/h5-7,9-10,16H,8H2,1-4H3. The Balaban J connectivity index is 2.15. The number of nitrogens with zero attached hydrogens (tertiary/aromatic N) is 3. The van der Waals surface area contributed by atoms with Gasteiger partial charge in [-0.25, -0.2) is 0 Å². The Hall–Kier alpha value is -1.84. The molecule has 96 valence electrons. The van der Waals surface area contributed by atoms with Crippen molar-refractivity contribution in [3.63, 3.8) is 0 Å². The minimum absolute atomic E-state index is 0.0627. The van der Waals surface area contributed by atoms with E-state index in [2.05, 4.69) is 42.4 Å². The second kappa shape index (κ2) is 4.80. The molecule has 0 bridgehead atoms. The van der Waals surface area contributed by atoms with Crippen LogP contribution in [0.1, 0.15) is 32.0 Å². The fourth-order valence-electron chi connectivity index (χ4n) is 1.96. The van der Waals surface area contributed by atoms with Crippen molar-refractivity contribution in [3.05, 3.63) is 42.0 Å². The molecule has 0 radical (unpaired) electrons. The quantitative estimate of drug-likeness (QED) is 0.902. The molecule has 2 rings (SSSR count). The molecular formula is C14H20N4. The molecule has 0 aliphatic carbocycles. The summed E-state index contributed by atoms with van der Waals surface area (Å²) in [7, 11) is 1.96. The van der Waals surface area contributed by atoms with Crippen LogP contribution in [-0.2, 0) is 19.0 Å². The highest BCUT2D eigenvalue weighted by Crippen LogP contribution is 2.24. The third kappa shape index (κ3) is 2.88. The van der Waals surface area contributed by atoms with E-state index < -0.39 is 0 Å². The normalized spacial score (nSPS) is 11.6. The number of aryl methyl sites for hydroxylation is 1. The average molecular weight is 244 g/mol. The van der Waals surface area contributed by atoms with Crippen LogP contribution in [0.2, 0.25) is 0 Å². The summed E-state index contributed by atoms with van der Waals surface area (Å²) in [6, 6.07) is 3.94. The number of hydrogen-bond donors (Lipinski definition) is 1. The molecule has 18 heavy (non-hydrogen) atoms. The smallest absolute Gasteiger partial charge is 0.0727 e. The van der Waals surface area contributed by atoms with Gasteiger partial charge in [-0.1, -0.05) is 20.8 Å². The molecule has 2 aromatic heterocycles. The van der Waals surface area contributed by atoms with Gasteiger partial charge in [-0.15, -0.1) is 0 Å². The van der Waals surface area contributed by atoms with Gasteiger partial charge >= 0.3 is 0 Å². The zero-order chi connectivity index (χ0) is 13.2. The molecule has 0 aliphatic heterocycles. The summed E-state index contributed by atoms with van der Waals surface area (Å²) >= 11 is 0. The van der Waals surface area contributed by atoms with Gasteiger partial charge in [0, 0.05) is 43.2 Å². The van der Waals surface area contributed by atoms with Crippen molar-refractivity contribution in [1.29, 1.82) is 0 Å². The minimum Gasteiger partial charge on any atom is -0.380 e. The van der Waals surface area contributed by atoms with E-state index in [1.165, 1.54) is 5.56 Å². The van der Waals surface area contributed by atoms with E-state index in [0.717, 1.165) is 17.9 Å². The third-order valence-electron chi connectivity index (χ3n) is 2.76. The van der Waals surface area contributed by atoms with Crippen molar-refractivity contribution in [2.45, 2.75) is 32.7 Å². The number of nitrogens with one attached hydrogen (secondary N) is 1. The molecule has 0 saturated carbocycles. The molecule has 2 heterocycles. The SMILES string of the molecule is Cn1cc(CNc2cccnc2)c(C(C)(C)C)n1. The second-order valence-corrected chi connectivity index (χ2v) is 5.52. The maximum Gasteiger partial charge on any atom is 0.0727 e. The predicted octanol–water partition coefficient (Wildman–Crippen LogP) is 2.72. The second-order valence-electron chi connectivity index (χ2n) is 5.52. The van der Waals surface area contributed by atoms with Gasteiger partial charge in [0.15, 0.2) is 0 Å². The van der Waals surface area contributed by atoms with Gasteiger partial charge in [-0.05, 0) is 12.1 Å².